The van der Waals surface area contributed by atoms with Crippen molar-refractivity contribution in [2.24, 2.45) is 0 Å². The molecule has 0 bridgehead atoms. The third-order valence-electron chi connectivity index (χ3n) is 4.35. The van der Waals surface area contributed by atoms with Gasteiger partial charge in [0.25, 0.3) is 0 Å². The number of pyridine rings is 1. The Labute approximate surface area is 137 Å². The van der Waals surface area contributed by atoms with E-state index in [0.717, 1.165) is 18.5 Å². The Morgan fingerprint density at radius 2 is 2.04 bits per heavy atom. The molecule has 1 aliphatic carbocycles. The van der Waals surface area contributed by atoms with Crippen molar-refractivity contribution >= 4 is 17.0 Å². The molecule has 1 saturated carbocycles. The number of nitrogens with zero attached hydrogens (tertiary/aromatic N) is 3. The number of fused-ring (bicyclic) bond motifs is 1. The van der Waals surface area contributed by atoms with Gasteiger partial charge in [-0.05, 0) is 49.6 Å². The fourth-order valence-corrected chi connectivity index (χ4v) is 2.95. The molecule has 0 spiro atoms. The number of hydrogen-bond donors (Lipinski definition) is 1. The molecule has 3 aromatic rings. The lowest BCUT2D eigenvalue weighted by Gasteiger charge is -2.05. The highest BCUT2D eigenvalue weighted by molar-refractivity contribution is 6.03. The monoisotopic (exact) mass is 325 g/mol. The highest BCUT2D eigenvalue weighted by atomic mass is 19.1. The van der Waals surface area contributed by atoms with Gasteiger partial charge in [-0.2, -0.15) is 5.10 Å². The molecule has 1 N–H and O–H groups in total. The van der Waals surface area contributed by atoms with Gasteiger partial charge in [-0.15, -0.1) is 0 Å². The van der Waals surface area contributed by atoms with Crippen molar-refractivity contribution in [2.75, 3.05) is 0 Å². The number of aromatic carboxylic acids is 1. The van der Waals surface area contributed by atoms with E-state index in [-0.39, 0.29) is 17.3 Å². The average molecular weight is 325 g/mol. The Morgan fingerprint density at radius 1 is 1.33 bits per heavy atom. The summed E-state index contributed by atoms with van der Waals surface area (Å²) in [6.07, 6.45) is 2.64. The van der Waals surface area contributed by atoms with Crippen molar-refractivity contribution in [3.05, 3.63) is 53.1 Å². The van der Waals surface area contributed by atoms with E-state index in [9.17, 15) is 14.3 Å². The van der Waals surface area contributed by atoms with Gasteiger partial charge in [-0.1, -0.05) is 6.92 Å². The molecule has 24 heavy (non-hydrogen) atoms. The molecule has 0 radical (unpaired) electrons. The summed E-state index contributed by atoms with van der Waals surface area (Å²) in [6.45, 7) is 1.93. The molecule has 122 valence electrons. The third-order valence-corrected chi connectivity index (χ3v) is 4.35. The normalized spacial score (nSPS) is 14.2. The second-order valence-corrected chi connectivity index (χ2v) is 6.07. The zero-order valence-electron chi connectivity index (χ0n) is 13.2. The standard InChI is InChI=1S/C18H16FN3O2/c1-2-12-9-14(18(23)24)15-16(10-3-4-10)21-22(17(15)20-12)13-7-5-11(19)6-8-13/h5-10H,2-4H2,1H3,(H,23,24). The van der Waals surface area contributed by atoms with Crippen LogP contribution in [0.3, 0.4) is 0 Å². The molecule has 4 rings (SSSR count). The van der Waals surface area contributed by atoms with Crippen LogP contribution >= 0.6 is 0 Å². The van der Waals surface area contributed by atoms with Gasteiger partial charge in [0.05, 0.1) is 22.3 Å². The van der Waals surface area contributed by atoms with Crippen LogP contribution in [0.4, 0.5) is 4.39 Å². The van der Waals surface area contributed by atoms with E-state index in [1.807, 2.05) is 6.92 Å². The maximum absolute atomic E-state index is 13.2. The van der Waals surface area contributed by atoms with E-state index in [1.165, 1.54) is 12.1 Å². The number of aryl methyl sites for hydroxylation is 1. The van der Waals surface area contributed by atoms with E-state index < -0.39 is 5.97 Å². The smallest absolute Gasteiger partial charge is 0.336 e. The molecule has 5 nitrogen and oxygen atoms in total. The first-order valence-corrected chi connectivity index (χ1v) is 8.00. The van der Waals surface area contributed by atoms with Crippen LogP contribution < -0.4 is 0 Å². The minimum atomic E-state index is -0.974. The number of rotatable bonds is 4. The maximum Gasteiger partial charge on any atom is 0.336 e. The fourth-order valence-electron chi connectivity index (χ4n) is 2.95. The molecule has 6 heteroatoms. The second-order valence-electron chi connectivity index (χ2n) is 6.07. The summed E-state index contributed by atoms with van der Waals surface area (Å²) in [6, 6.07) is 7.61. The molecule has 0 unspecified atom stereocenters. The Hall–Kier alpha value is -2.76. The number of carbonyl (C=O) groups is 1. The van der Waals surface area contributed by atoms with E-state index in [2.05, 4.69) is 10.1 Å². The summed E-state index contributed by atoms with van der Waals surface area (Å²) in [5.74, 6) is -1.02. The summed E-state index contributed by atoms with van der Waals surface area (Å²) in [4.78, 5) is 16.4. The number of halogens is 1. The van der Waals surface area contributed by atoms with Crippen LogP contribution in [0.1, 0.15) is 47.4 Å². The highest BCUT2D eigenvalue weighted by Crippen LogP contribution is 2.43. The average Bonchev–Trinajstić information content (AvgIpc) is 3.35. The molecule has 1 aliphatic rings. The molecular formula is C18H16FN3O2. The predicted octanol–water partition coefficient (Wildman–Crippen LogP) is 3.70. The van der Waals surface area contributed by atoms with Crippen molar-refractivity contribution in [3.8, 4) is 5.69 Å². The van der Waals surface area contributed by atoms with Gasteiger partial charge in [0.1, 0.15) is 5.82 Å². The molecule has 1 fully saturated rings. The van der Waals surface area contributed by atoms with Gasteiger partial charge in [-0.25, -0.2) is 18.9 Å². The van der Waals surface area contributed by atoms with Crippen LogP contribution in [-0.4, -0.2) is 25.8 Å². The topological polar surface area (TPSA) is 68.0 Å². The maximum atomic E-state index is 13.2. The third kappa shape index (κ3) is 2.35. The van der Waals surface area contributed by atoms with Crippen LogP contribution in [-0.2, 0) is 6.42 Å². The highest BCUT2D eigenvalue weighted by Gasteiger charge is 2.32. The summed E-state index contributed by atoms with van der Waals surface area (Å²) < 4.78 is 14.9. The van der Waals surface area contributed by atoms with Crippen molar-refractivity contribution < 1.29 is 14.3 Å². The second kappa shape index (κ2) is 5.40. The first-order valence-electron chi connectivity index (χ1n) is 8.00. The Kier molecular flexibility index (Phi) is 3.33. The van der Waals surface area contributed by atoms with Gasteiger partial charge < -0.3 is 5.11 Å². The lowest BCUT2D eigenvalue weighted by molar-refractivity contribution is 0.0698. The molecule has 1 aromatic carbocycles. The number of hydrogen-bond acceptors (Lipinski definition) is 3. The van der Waals surface area contributed by atoms with E-state index >= 15 is 0 Å². The minimum Gasteiger partial charge on any atom is -0.478 e. The van der Waals surface area contributed by atoms with Crippen LogP contribution in [0.2, 0.25) is 0 Å². The molecule has 0 atom stereocenters. The first kappa shape index (κ1) is 14.8. The zero-order chi connectivity index (χ0) is 16.8. The van der Waals surface area contributed by atoms with Crippen LogP contribution in [0.25, 0.3) is 16.7 Å². The van der Waals surface area contributed by atoms with Crippen molar-refractivity contribution in [1.29, 1.82) is 0 Å². The number of carboxylic acid groups (broad SMARTS) is 1. The predicted molar refractivity (Wildman–Crippen MR) is 87.1 cm³/mol. The summed E-state index contributed by atoms with van der Waals surface area (Å²) >= 11 is 0. The van der Waals surface area contributed by atoms with Gasteiger partial charge >= 0.3 is 5.97 Å². The van der Waals surface area contributed by atoms with Crippen molar-refractivity contribution in [1.82, 2.24) is 14.8 Å². The fraction of sp³-hybridized carbons (Fsp3) is 0.278. The molecule has 0 amide bonds. The molecule has 0 saturated heterocycles. The SMILES string of the molecule is CCc1cc(C(=O)O)c2c(C3CC3)nn(-c3ccc(F)cc3)c2n1. The molecule has 2 heterocycles. The lowest BCUT2D eigenvalue weighted by Crippen LogP contribution is -2.03. The largest absolute Gasteiger partial charge is 0.478 e. The zero-order valence-corrected chi connectivity index (χ0v) is 13.2. The molecule has 0 aliphatic heterocycles. The van der Waals surface area contributed by atoms with Gasteiger partial charge in [-0.3, -0.25) is 0 Å². The van der Waals surface area contributed by atoms with Crippen LogP contribution in [0.5, 0.6) is 0 Å². The van der Waals surface area contributed by atoms with Gasteiger partial charge in [0.15, 0.2) is 5.65 Å². The quantitative estimate of drug-likeness (QED) is 0.794. The molecule has 2 aromatic heterocycles. The van der Waals surface area contributed by atoms with E-state index in [0.29, 0.717) is 28.8 Å². The minimum absolute atomic E-state index is 0.243. The summed E-state index contributed by atoms with van der Waals surface area (Å²) in [7, 11) is 0. The van der Waals surface area contributed by atoms with Gasteiger partial charge in [0, 0.05) is 11.6 Å². The molecular weight excluding hydrogens is 309 g/mol. The van der Waals surface area contributed by atoms with Crippen molar-refractivity contribution in [2.45, 2.75) is 32.1 Å². The number of aromatic nitrogens is 3. The lowest BCUT2D eigenvalue weighted by atomic mass is 10.1. The summed E-state index contributed by atoms with van der Waals surface area (Å²) in [5.41, 5.74) is 2.92. The van der Waals surface area contributed by atoms with Crippen molar-refractivity contribution in [3.63, 3.8) is 0 Å². The van der Waals surface area contributed by atoms with E-state index in [1.54, 1.807) is 22.9 Å². The number of carboxylic acids is 1. The van der Waals surface area contributed by atoms with Crippen LogP contribution in [0.15, 0.2) is 30.3 Å². The van der Waals surface area contributed by atoms with E-state index in [4.69, 9.17) is 0 Å². The first-order chi connectivity index (χ1) is 11.6. The Bertz CT molecular complexity index is 943. The van der Waals surface area contributed by atoms with Gasteiger partial charge in [0.2, 0.25) is 0 Å². The summed E-state index contributed by atoms with van der Waals surface area (Å²) in [5, 5.41) is 14.9. The number of benzene rings is 1. The Balaban J connectivity index is 2.05. The Morgan fingerprint density at radius 3 is 2.62 bits per heavy atom. The van der Waals surface area contributed by atoms with Crippen LogP contribution in [0, 0.1) is 5.82 Å².